The van der Waals surface area contributed by atoms with Gasteiger partial charge in [-0.25, -0.2) is 4.98 Å². The molecule has 0 aliphatic rings. The molecule has 1 nitrogen and oxygen atoms in total. The van der Waals surface area contributed by atoms with E-state index in [0.717, 1.165) is 9.50 Å². The zero-order valence-electron chi connectivity index (χ0n) is 8.17. The molecule has 0 bridgehead atoms. The van der Waals surface area contributed by atoms with E-state index in [-0.39, 0.29) is 0 Å². The van der Waals surface area contributed by atoms with E-state index in [4.69, 9.17) is 0 Å². The Balaban J connectivity index is 2.77. The highest BCUT2D eigenvalue weighted by Gasteiger charge is 2.05. The summed E-state index contributed by atoms with van der Waals surface area (Å²) in [5, 5.41) is 1.80. The lowest BCUT2D eigenvalue weighted by Gasteiger charge is -2.09. The highest BCUT2D eigenvalue weighted by Crippen LogP contribution is 2.27. The first-order valence-corrected chi connectivity index (χ1v) is 6.09. The number of halogens is 1. The van der Waals surface area contributed by atoms with Crippen LogP contribution in [-0.4, -0.2) is 10.2 Å². The fraction of sp³-hybridized carbons (Fsp3) is 0.500. The minimum absolute atomic E-state index is 0.646. The fourth-order valence-corrected chi connectivity index (χ4v) is 2.28. The Kier molecular flexibility index (Phi) is 4.26. The zero-order valence-corrected chi connectivity index (χ0v) is 10.6. The molecule has 1 rings (SSSR count). The smallest absolute Gasteiger partial charge is 0.0992 e. The summed E-state index contributed by atoms with van der Waals surface area (Å²) < 4.78 is 1.05. The van der Waals surface area contributed by atoms with Crippen LogP contribution in [0.5, 0.6) is 0 Å². The average Bonchev–Trinajstić information content (AvgIpc) is 2.09. The van der Waals surface area contributed by atoms with Gasteiger partial charge >= 0.3 is 0 Å². The quantitative estimate of drug-likeness (QED) is 0.760. The number of hydrogen-bond acceptors (Lipinski definition) is 2. The van der Waals surface area contributed by atoms with Crippen molar-refractivity contribution in [3.8, 4) is 0 Å². The van der Waals surface area contributed by atoms with Crippen LogP contribution in [0, 0.1) is 6.92 Å². The monoisotopic (exact) mass is 259 g/mol. The number of aryl methyl sites for hydroxylation is 1. The van der Waals surface area contributed by atoms with Crippen molar-refractivity contribution in [2.75, 3.05) is 0 Å². The van der Waals surface area contributed by atoms with Crippen molar-refractivity contribution in [2.24, 2.45) is 0 Å². The molecule has 0 fully saturated rings. The number of aromatic nitrogens is 1. The maximum absolute atomic E-state index is 4.38. The van der Waals surface area contributed by atoms with Crippen LogP contribution in [0.3, 0.4) is 0 Å². The van der Waals surface area contributed by atoms with Crippen LogP contribution in [0.4, 0.5) is 0 Å². The first-order chi connectivity index (χ1) is 6.13. The topological polar surface area (TPSA) is 12.9 Å². The maximum atomic E-state index is 4.38. The van der Waals surface area contributed by atoms with E-state index in [0.29, 0.717) is 5.25 Å². The first kappa shape index (κ1) is 11.1. The van der Waals surface area contributed by atoms with Gasteiger partial charge in [0.1, 0.15) is 0 Å². The summed E-state index contributed by atoms with van der Waals surface area (Å²) in [7, 11) is 0. The normalized spacial score (nSPS) is 12.9. The second-order valence-electron chi connectivity index (χ2n) is 3.11. The van der Waals surface area contributed by atoms with Gasteiger partial charge in [0.2, 0.25) is 0 Å². The molecule has 0 saturated heterocycles. The molecule has 0 radical (unpaired) electrons. The molecule has 1 aromatic heterocycles. The number of hydrogen-bond donors (Lipinski definition) is 0. The molecular formula is C10H14BrNS. The summed E-state index contributed by atoms with van der Waals surface area (Å²) in [6.07, 6.45) is 3.04. The van der Waals surface area contributed by atoms with Crippen molar-refractivity contribution >= 4 is 27.7 Å². The Bertz CT molecular complexity index is 288. The molecule has 13 heavy (non-hydrogen) atoms. The molecule has 0 amide bonds. The minimum atomic E-state index is 0.646. The van der Waals surface area contributed by atoms with Gasteiger partial charge in [-0.1, -0.05) is 13.8 Å². The second-order valence-corrected chi connectivity index (χ2v) is 5.46. The lowest BCUT2D eigenvalue weighted by molar-refractivity contribution is 0.898. The van der Waals surface area contributed by atoms with Gasteiger partial charge in [-0.3, -0.25) is 0 Å². The molecule has 0 N–H and O–H groups in total. The van der Waals surface area contributed by atoms with E-state index in [9.17, 15) is 0 Å². The Hall–Kier alpha value is -0.0200. The summed E-state index contributed by atoms with van der Waals surface area (Å²) >= 11 is 5.25. The molecule has 0 aliphatic heterocycles. The summed E-state index contributed by atoms with van der Waals surface area (Å²) in [5.41, 5.74) is 1.25. The third kappa shape index (κ3) is 3.31. The first-order valence-electron chi connectivity index (χ1n) is 4.42. The van der Waals surface area contributed by atoms with Gasteiger partial charge in [-0.05, 0) is 40.9 Å². The van der Waals surface area contributed by atoms with Crippen molar-refractivity contribution in [1.82, 2.24) is 4.98 Å². The lowest BCUT2D eigenvalue weighted by Crippen LogP contribution is -1.95. The third-order valence-electron chi connectivity index (χ3n) is 1.88. The van der Waals surface area contributed by atoms with Crippen molar-refractivity contribution in [1.29, 1.82) is 0 Å². The Morgan fingerprint density at radius 3 is 2.85 bits per heavy atom. The van der Waals surface area contributed by atoms with Gasteiger partial charge in [-0.15, -0.1) is 11.8 Å². The lowest BCUT2D eigenvalue weighted by atomic mass is 10.3. The molecule has 0 saturated carbocycles. The van der Waals surface area contributed by atoms with Crippen molar-refractivity contribution in [3.63, 3.8) is 0 Å². The number of rotatable bonds is 3. The molecule has 1 atom stereocenters. The molecule has 0 spiro atoms. The number of thioether (sulfide) groups is 1. The summed E-state index contributed by atoms with van der Waals surface area (Å²) in [5.74, 6) is 0. The van der Waals surface area contributed by atoms with Crippen LogP contribution in [0.25, 0.3) is 0 Å². The van der Waals surface area contributed by atoms with Gasteiger partial charge in [0.05, 0.1) is 5.03 Å². The predicted octanol–water partition coefficient (Wildman–Crippen LogP) is 4.04. The number of nitrogens with zero attached hydrogens (tertiary/aromatic N) is 1. The molecule has 1 aromatic rings. The van der Waals surface area contributed by atoms with Gasteiger partial charge in [-0.2, -0.15) is 0 Å². The van der Waals surface area contributed by atoms with Crippen molar-refractivity contribution in [2.45, 2.75) is 37.5 Å². The Morgan fingerprint density at radius 2 is 2.31 bits per heavy atom. The average molecular weight is 260 g/mol. The largest absolute Gasteiger partial charge is 0.248 e. The fourth-order valence-electron chi connectivity index (χ4n) is 0.925. The van der Waals surface area contributed by atoms with Gasteiger partial charge in [0.25, 0.3) is 0 Å². The maximum Gasteiger partial charge on any atom is 0.0992 e. The summed E-state index contributed by atoms with van der Waals surface area (Å²) in [6.45, 7) is 6.53. The van der Waals surface area contributed by atoms with Crippen LogP contribution in [0.2, 0.25) is 0 Å². The van der Waals surface area contributed by atoms with E-state index in [1.165, 1.54) is 12.0 Å². The molecule has 0 aromatic carbocycles. The summed E-state index contributed by atoms with van der Waals surface area (Å²) in [6, 6.07) is 2.11. The SMILES string of the molecule is CCC(C)Sc1ncc(Br)cc1C. The van der Waals surface area contributed by atoms with E-state index in [2.05, 4.69) is 47.8 Å². The van der Waals surface area contributed by atoms with Crippen LogP contribution in [0.15, 0.2) is 21.8 Å². The van der Waals surface area contributed by atoms with E-state index in [1.807, 2.05) is 18.0 Å². The highest BCUT2D eigenvalue weighted by molar-refractivity contribution is 9.10. The van der Waals surface area contributed by atoms with Gasteiger partial charge < -0.3 is 0 Å². The van der Waals surface area contributed by atoms with Crippen LogP contribution < -0.4 is 0 Å². The molecular weight excluding hydrogens is 246 g/mol. The second kappa shape index (κ2) is 5.01. The molecule has 0 aliphatic carbocycles. The number of pyridine rings is 1. The van der Waals surface area contributed by atoms with Gasteiger partial charge in [0.15, 0.2) is 0 Å². The standard InChI is InChI=1S/C10H14BrNS/c1-4-8(3)13-10-7(2)5-9(11)6-12-10/h5-6,8H,4H2,1-3H3. The molecule has 1 unspecified atom stereocenters. The zero-order chi connectivity index (χ0) is 9.84. The van der Waals surface area contributed by atoms with E-state index in [1.54, 1.807) is 0 Å². The van der Waals surface area contributed by atoms with Crippen LogP contribution in [-0.2, 0) is 0 Å². The Morgan fingerprint density at radius 1 is 1.62 bits per heavy atom. The van der Waals surface area contributed by atoms with Crippen molar-refractivity contribution in [3.05, 3.63) is 22.3 Å². The third-order valence-corrected chi connectivity index (χ3v) is 3.70. The highest BCUT2D eigenvalue weighted by atomic mass is 79.9. The summed E-state index contributed by atoms with van der Waals surface area (Å²) in [4.78, 5) is 4.38. The minimum Gasteiger partial charge on any atom is -0.248 e. The van der Waals surface area contributed by atoms with Gasteiger partial charge in [0, 0.05) is 15.9 Å². The molecule has 3 heteroatoms. The van der Waals surface area contributed by atoms with E-state index >= 15 is 0 Å². The van der Waals surface area contributed by atoms with Crippen molar-refractivity contribution < 1.29 is 0 Å². The van der Waals surface area contributed by atoms with Crippen LogP contribution in [0.1, 0.15) is 25.8 Å². The van der Waals surface area contributed by atoms with Crippen LogP contribution >= 0.6 is 27.7 Å². The van der Waals surface area contributed by atoms with E-state index < -0.39 is 0 Å². The Labute approximate surface area is 92.5 Å². The molecule has 72 valence electrons. The molecule has 1 heterocycles. The predicted molar refractivity (Wildman–Crippen MR) is 62.3 cm³/mol.